The van der Waals surface area contributed by atoms with Gasteiger partial charge in [0.2, 0.25) is 0 Å². The van der Waals surface area contributed by atoms with Crippen molar-refractivity contribution in [3.05, 3.63) is 39.2 Å². The van der Waals surface area contributed by atoms with Gasteiger partial charge in [0.15, 0.2) is 6.61 Å². The van der Waals surface area contributed by atoms with E-state index < -0.39 is 17.1 Å². The fraction of sp³-hybridized carbons (Fsp3) is 0.389. The number of rotatable bonds is 5. The lowest BCUT2D eigenvalue weighted by Crippen LogP contribution is -2.50. The Morgan fingerprint density at radius 1 is 1.44 bits per heavy atom. The first-order valence-corrected chi connectivity index (χ1v) is 8.13. The number of hydrogen-bond donors (Lipinski definition) is 1. The Kier molecular flexibility index (Phi) is 5.39. The number of halogens is 1. The number of hydrogen-bond acceptors (Lipinski definition) is 5. The Bertz CT molecular complexity index is 914. The molecule has 0 saturated heterocycles. The zero-order valence-electron chi connectivity index (χ0n) is 14.5. The Labute approximate surface area is 150 Å². The number of fused-ring (bicyclic) bond motifs is 1. The molecule has 7 heteroatoms. The fourth-order valence-electron chi connectivity index (χ4n) is 2.20. The van der Waals surface area contributed by atoms with Gasteiger partial charge in [0.1, 0.15) is 16.9 Å². The number of nitrogens with zero attached hydrogens (tertiary/aromatic N) is 1. The topological polar surface area (TPSA) is 92.3 Å². The van der Waals surface area contributed by atoms with Crippen LogP contribution in [0.1, 0.15) is 26.3 Å². The van der Waals surface area contributed by atoms with Gasteiger partial charge in [0.05, 0.1) is 11.1 Å². The lowest BCUT2D eigenvalue weighted by molar-refractivity contribution is -0.124. The summed E-state index contributed by atoms with van der Waals surface area (Å²) >= 11 is 6.18. The van der Waals surface area contributed by atoms with Gasteiger partial charge in [-0.2, -0.15) is 5.26 Å². The monoisotopic (exact) mass is 362 g/mol. The molecular formula is C18H19ClN2O4. The van der Waals surface area contributed by atoms with E-state index in [1.165, 1.54) is 12.1 Å². The average molecular weight is 363 g/mol. The Balaban J connectivity index is 2.18. The molecule has 1 aromatic carbocycles. The SMILES string of the molecule is Cc1cc(=O)oc2cc(OCC(=O)NC(C)(C#N)C(C)C)c(Cl)cc12. The molecule has 0 radical (unpaired) electrons. The summed E-state index contributed by atoms with van der Waals surface area (Å²) in [5.41, 5.74) is -0.400. The van der Waals surface area contributed by atoms with E-state index in [1.54, 1.807) is 19.9 Å². The molecule has 1 amide bonds. The Hall–Kier alpha value is -2.52. The maximum absolute atomic E-state index is 12.1. The Morgan fingerprint density at radius 2 is 2.12 bits per heavy atom. The first-order chi connectivity index (χ1) is 11.7. The van der Waals surface area contributed by atoms with E-state index in [4.69, 9.17) is 20.8 Å². The minimum absolute atomic E-state index is 0.0667. The van der Waals surface area contributed by atoms with Crippen LogP contribution in [-0.4, -0.2) is 18.1 Å². The molecule has 0 spiro atoms. The summed E-state index contributed by atoms with van der Waals surface area (Å²) in [6.45, 7) is 6.79. The van der Waals surface area contributed by atoms with Crippen molar-refractivity contribution in [2.24, 2.45) is 5.92 Å². The van der Waals surface area contributed by atoms with Crippen LogP contribution in [0.5, 0.6) is 5.75 Å². The molecule has 6 nitrogen and oxygen atoms in total. The first-order valence-electron chi connectivity index (χ1n) is 7.75. The Morgan fingerprint density at radius 3 is 2.72 bits per heavy atom. The van der Waals surface area contributed by atoms with Crippen LogP contribution in [0, 0.1) is 24.2 Å². The summed E-state index contributed by atoms with van der Waals surface area (Å²) in [5.74, 6) is -0.288. The molecule has 0 aliphatic rings. The van der Waals surface area contributed by atoms with E-state index in [1.807, 2.05) is 13.8 Å². The van der Waals surface area contributed by atoms with Gasteiger partial charge in [-0.3, -0.25) is 4.79 Å². The summed E-state index contributed by atoms with van der Waals surface area (Å²) in [6, 6.07) is 6.57. The largest absolute Gasteiger partial charge is 0.482 e. The molecule has 0 fully saturated rings. The highest BCUT2D eigenvalue weighted by atomic mass is 35.5. The van der Waals surface area contributed by atoms with Crippen molar-refractivity contribution in [2.75, 3.05) is 6.61 Å². The molecule has 1 unspecified atom stereocenters. The first kappa shape index (κ1) is 18.8. The highest BCUT2D eigenvalue weighted by molar-refractivity contribution is 6.32. The van der Waals surface area contributed by atoms with E-state index in [-0.39, 0.29) is 18.3 Å². The molecule has 0 aliphatic heterocycles. The molecule has 0 saturated carbocycles. The highest BCUT2D eigenvalue weighted by Gasteiger charge is 2.30. The van der Waals surface area contributed by atoms with Crippen LogP contribution in [0.15, 0.2) is 27.4 Å². The second kappa shape index (κ2) is 7.16. The molecule has 1 heterocycles. The second-order valence-electron chi connectivity index (χ2n) is 6.33. The van der Waals surface area contributed by atoms with E-state index in [0.717, 1.165) is 5.56 Å². The van der Waals surface area contributed by atoms with Crippen LogP contribution >= 0.6 is 11.6 Å². The van der Waals surface area contributed by atoms with Crippen LogP contribution in [-0.2, 0) is 4.79 Å². The van der Waals surface area contributed by atoms with Gasteiger partial charge < -0.3 is 14.5 Å². The third-order valence-electron chi connectivity index (χ3n) is 4.15. The van der Waals surface area contributed by atoms with Gasteiger partial charge in [0.25, 0.3) is 5.91 Å². The van der Waals surface area contributed by atoms with Crippen molar-refractivity contribution in [3.8, 4) is 11.8 Å². The second-order valence-corrected chi connectivity index (χ2v) is 6.74. The lowest BCUT2D eigenvalue weighted by atomic mass is 9.90. The van der Waals surface area contributed by atoms with Crippen LogP contribution in [0.4, 0.5) is 0 Å². The van der Waals surface area contributed by atoms with Gasteiger partial charge >= 0.3 is 5.63 Å². The van der Waals surface area contributed by atoms with Gasteiger partial charge in [-0.1, -0.05) is 25.4 Å². The fourth-order valence-corrected chi connectivity index (χ4v) is 2.42. The van der Waals surface area contributed by atoms with Crippen molar-refractivity contribution in [1.82, 2.24) is 5.32 Å². The average Bonchev–Trinajstić information content (AvgIpc) is 2.53. The summed E-state index contributed by atoms with van der Waals surface area (Å²) in [4.78, 5) is 23.6. The third-order valence-corrected chi connectivity index (χ3v) is 4.44. The summed E-state index contributed by atoms with van der Waals surface area (Å²) in [7, 11) is 0. The highest BCUT2D eigenvalue weighted by Crippen LogP contribution is 2.31. The minimum atomic E-state index is -0.989. The van der Waals surface area contributed by atoms with Gasteiger partial charge in [-0.25, -0.2) is 4.79 Å². The molecule has 2 rings (SSSR count). The molecule has 1 aromatic heterocycles. The summed E-state index contributed by atoms with van der Waals surface area (Å²) < 4.78 is 10.6. The number of nitriles is 1. The number of aryl methyl sites for hydroxylation is 1. The third kappa shape index (κ3) is 4.12. The van der Waals surface area contributed by atoms with E-state index in [2.05, 4.69) is 11.4 Å². The minimum Gasteiger partial charge on any atom is -0.482 e. The van der Waals surface area contributed by atoms with Gasteiger partial charge in [-0.15, -0.1) is 0 Å². The van der Waals surface area contributed by atoms with Crippen LogP contribution in [0.25, 0.3) is 11.0 Å². The number of amides is 1. The van der Waals surface area contributed by atoms with Crippen molar-refractivity contribution in [2.45, 2.75) is 33.2 Å². The number of benzene rings is 1. The van der Waals surface area contributed by atoms with E-state index in [9.17, 15) is 14.9 Å². The van der Waals surface area contributed by atoms with Gasteiger partial charge in [0, 0.05) is 17.5 Å². The smallest absolute Gasteiger partial charge is 0.336 e. The standard InChI is InChI=1S/C18H19ClN2O4/c1-10(2)18(4,9-20)21-16(22)8-24-15-7-14-12(6-13(15)19)11(3)5-17(23)25-14/h5-7,10H,8H2,1-4H3,(H,21,22). The van der Waals surface area contributed by atoms with E-state index in [0.29, 0.717) is 16.0 Å². The summed E-state index contributed by atoms with van der Waals surface area (Å²) in [5, 5.41) is 12.9. The molecule has 0 aliphatic carbocycles. The molecule has 2 aromatic rings. The van der Waals surface area contributed by atoms with Crippen LogP contribution in [0.3, 0.4) is 0 Å². The van der Waals surface area contributed by atoms with Crippen molar-refractivity contribution >= 4 is 28.5 Å². The predicted octanol–water partition coefficient (Wildman–Crippen LogP) is 3.19. The van der Waals surface area contributed by atoms with Crippen LogP contribution in [0.2, 0.25) is 5.02 Å². The summed E-state index contributed by atoms with van der Waals surface area (Å²) in [6.07, 6.45) is 0. The predicted molar refractivity (Wildman–Crippen MR) is 94.7 cm³/mol. The van der Waals surface area contributed by atoms with Crippen LogP contribution < -0.4 is 15.7 Å². The maximum atomic E-state index is 12.1. The van der Waals surface area contributed by atoms with Crippen molar-refractivity contribution in [3.63, 3.8) is 0 Å². The van der Waals surface area contributed by atoms with Crippen molar-refractivity contribution < 1.29 is 13.9 Å². The van der Waals surface area contributed by atoms with Gasteiger partial charge in [-0.05, 0) is 31.4 Å². The quantitative estimate of drug-likeness (QED) is 0.824. The number of carbonyl (C=O) groups is 1. The zero-order chi connectivity index (χ0) is 18.8. The number of ether oxygens (including phenoxy) is 1. The molecule has 0 bridgehead atoms. The normalized spacial score (nSPS) is 13.3. The molecule has 1 atom stereocenters. The zero-order valence-corrected chi connectivity index (χ0v) is 15.2. The molecule has 25 heavy (non-hydrogen) atoms. The number of nitrogens with one attached hydrogen (secondary N) is 1. The maximum Gasteiger partial charge on any atom is 0.336 e. The molecule has 132 valence electrons. The number of carbonyl (C=O) groups excluding carboxylic acids is 1. The van der Waals surface area contributed by atoms with E-state index >= 15 is 0 Å². The van der Waals surface area contributed by atoms with Crippen molar-refractivity contribution in [1.29, 1.82) is 5.26 Å². The molecule has 1 N–H and O–H groups in total. The molecular weight excluding hydrogens is 344 g/mol. The lowest BCUT2D eigenvalue weighted by Gasteiger charge is -2.27.